The van der Waals surface area contributed by atoms with Crippen LogP contribution < -0.4 is 5.32 Å². The molecule has 2 heteroatoms. The molecule has 2 nitrogen and oxygen atoms in total. The summed E-state index contributed by atoms with van der Waals surface area (Å²) in [4.78, 5) is 2.81. The van der Waals surface area contributed by atoms with Gasteiger partial charge in [0.1, 0.15) is 0 Å². The monoisotopic (exact) mass is 264 g/mol. The van der Waals surface area contributed by atoms with Crippen molar-refractivity contribution >= 4 is 0 Å². The van der Waals surface area contributed by atoms with Crippen LogP contribution in [0, 0.1) is 5.92 Å². The van der Waals surface area contributed by atoms with E-state index in [1.807, 2.05) is 0 Å². The van der Waals surface area contributed by atoms with E-state index in [1.54, 1.807) is 0 Å². The average molecular weight is 264 g/mol. The second kappa shape index (κ2) is 6.58. The van der Waals surface area contributed by atoms with Gasteiger partial charge in [-0.2, -0.15) is 0 Å². The van der Waals surface area contributed by atoms with Gasteiger partial charge in [0.25, 0.3) is 0 Å². The van der Waals surface area contributed by atoms with Gasteiger partial charge in [0, 0.05) is 18.1 Å². The Balaban J connectivity index is 1.46. The van der Waals surface area contributed by atoms with Crippen LogP contribution in [0.25, 0.3) is 0 Å². The average Bonchev–Trinajstić information content (AvgIpc) is 2.79. The number of nitrogens with zero attached hydrogens (tertiary/aromatic N) is 1. The summed E-state index contributed by atoms with van der Waals surface area (Å²) in [5, 5.41) is 3.78. The molecule has 110 valence electrons. The molecular weight excluding hydrogens is 232 g/mol. The molecule has 2 saturated heterocycles. The summed E-state index contributed by atoms with van der Waals surface area (Å²) >= 11 is 0. The number of fused-ring (bicyclic) bond motifs is 2. The molecular formula is C17H32N2. The minimum absolute atomic E-state index is 0.840. The molecule has 0 spiro atoms. The van der Waals surface area contributed by atoms with Crippen LogP contribution in [0.4, 0.5) is 0 Å². The van der Waals surface area contributed by atoms with Gasteiger partial charge in [-0.15, -0.1) is 0 Å². The van der Waals surface area contributed by atoms with Crippen molar-refractivity contribution in [1.29, 1.82) is 0 Å². The molecule has 3 rings (SSSR count). The smallest absolute Gasteiger partial charge is 0.0125 e. The van der Waals surface area contributed by atoms with Crippen molar-refractivity contribution in [2.45, 2.75) is 89.3 Å². The van der Waals surface area contributed by atoms with E-state index < -0.39 is 0 Å². The molecule has 3 fully saturated rings. The van der Waals surface area contributed by atoms with Gasteiger partial charge >= 0.3 is 0 Å². The van der Waals surface area contributed by atoms with Crippen molar-refractivity contribution in [3.63, 3.8) is 0 Å². The number of rotatable bonds is 5. The van der Waals surface area contributed by atoms with Crippen LogP contribution in [0.15, 0.2) is 0 Å². The minimum Gasteiger partial charge on any atom is -0.311 e. The lowest BCUT2D eigenvalue weighted by molar-refractivity contribution is 0.135. The first-order chi connectivity index (χ1) is 9.35. The molecule has 2 heterocycles. The summed E-state index contributed by atoms with van der Waals surface area (Å²) in [6, 6.07) is 2.56. The third-order valence-corrected chi connectivity index (χ3v) is 5.92. The predicted molar refractivity (Wildman–Crippen MR) is 81.4 cm³/mol. The summed E-state index contributed by atoms with van der Waals surface area (Å²) in [5.41, 5.74) is 0. The largest absolute Gasteiger partial charge is 0.311 e. The van der Waals surface area contributed by atoms with Crippen LogP contribution in [0.2, 0.25) is 0 Å². The summed E-state index contributed by atoms with van der Waals surface area (Å²) in [7, 11) is 0. The quantitative estimate of drug-likeness (QED) is 0.817. The molecule has 3 aliphatic rings. The molecule has 1 aliphatic carbocycles. The molecule has 2 bridgehead atoms. The highest BCUT2D eigenvalue weighted by molar-refractivity contribution is 4.95. The first-order valence-electron chi connectivity index (χ1n) is 8.85. The normalized spacial score (nSPS) is 36.0. The van der Waals surface area contributed by atoms with E-state index in [4.69, 9.17) is 0 Å². The van der Waals surface area contributed by atoms with E-state index in [0.717, 1.165) is 24.0 Å². The van der Waals surface area contributed by atoms with Gasteiger partial charge < -0.3 is 10.2 Å². The lowest BCUT2D eigenvalue weighted by atomic mass is 9.86. The number of hydrogen-bond acceptors (Lipinski definition) is 2. The molecule has 1 N–H and O–H groups in total. The number of nitrogens with one attached hydrogen (secondary N) is 1. The molecule has 1 saturated carbocycles. The van der Waals surface area contributed by atoms with E-state index in [-0.39, 0.29) is 0 Å². The van der Waals surface area contributed by atoms with Crippen molar-refractivity contribution in [1.82, 2.24) is 10.2 Å². The van der Waals surface area contributed by atoms with Crippen LogP contribution in [0.1, 0.15) is 71.1 Å². The summed E-state index contributed by atoms with van der Waals surface area (Å²) in [6.45, 7) is 4.99. The van der Waals surface area contributed by atoms with Gasteiger partial charge in [-0.1, -0.05) is 39.0 Å². The van der Waals surface area contributed by atoms with Gasteiger partial charge in [-0.3, -0.25) is 0 Å². The standard InChI is InChI=1S/C17H32N2/c1-2-19(11-10-14-6-4-3-5-7-14)17-12-15-8-9-16(13-17)18-15/h14-18H,2-13H2,1H3. The summed E-state index contributed by atoms with van der Waals surface area (Å²) < 4.78 is 0. The second-order valence-electron chi connectivity index (χ2n) is 7.18. The first-order valence-corrected chi connectivity index (χ1v) is 8.85. The summed E-state index contributed by atoms with van der Waals surface area (Å²) in [6.07, 6.45) is 14.7. The summed E-state index contributed by atoms with van der Waals surface area (Å²) in [5.74, 6) is 1.04. The maximum Gasteiger partial charge on any atom is 0.0125 e. The van der Waals surface area contributed by atoms with Crippen LogP contribution in [-0.4, -0.2) is 36.1 Å². The van der Waals surface area contributed by atoms with Gasteiger partial charge in [-0.25, -0.2) is 0 Å². The fraction of sp³-hybridized carbons (Fsp3) is 1.00. The second-order valence-corrected chi connectivity index (χ2v) is 7.18. The molecule has 0 aromatic rings. The molecule has 0 aromatic heterocycles. The Kier molecular flexibility index (Phi) is 4.81. The van der Waals surface area contributed by atoms with Crippen LogP contribution in [-0.2, 0) is 0 Å². The molecule has 2 atom stereocenters. The Morgan fingerprint density at radius 2 is 1.63 bits per heavy atom. The minimum atomic E-state index is 0.840. The SMILES string of the molecule is CCN(CCC1CCCCC1)C1CC2CCC(C1)N2. The number of hydrogen-bond donors (Lipinski definition) is 1. The zero-order chi connectivity index (χ0) is 13.1. The lowest BCUT2D eigenvalue weighted by Crippen LogP contribution is -2.48. The van der Waals surface area contributed by atoms with E-state index in [0.29, 0.717) is 0 Å². The van der Waals surface area contributed by atoms with Crippen LogP contribution in [0.5, 0.6) is 0 Å². The van der Waals surface area contributed by atoms with Gasteiger partial charge in [0.05, 0.1) is 0 Å². The highest BCUT2D eigenvalue weighted by atomic mass is 15.2. The Morgan fingerprint density at radius 1 is 0.947 bits per heavy atom. The maximum absolute atomic E-state index is 3.78. The lowest BCUT2D eigenvalue weighted by Gasteiger charge is -2.38. The van der Waals surface area contributed by atoms with Crippen molar-refractivity contribution in [2.24, 2.45) is 5.92 Å². The first kappa shape index (κ1) is 13.9. The Bertz CT molecular complexity index is 260. The molecule has 19 heavy (non-hydrogen) atoms. The van der Waals surface area contributed by atoms with Gasteiger partial charge in [0.2, 0.25) is 0 Å². The predicted octanol–water partition coefficient (Wildman–Crippen LogP) is 3.56. The molecule has 0 aromatic carbocycles. The van der Waals surface area contributed by atoms with E-state index in [9.17, 15) is 0 Å². The van der Waals surface area contributed by atoms with Crippen molar-refractivity contribution in [3.05, 3.63) is 0 Å². The molecule has 2 unspecified atom stereocenters. The van der Waals surface area contributed by atoms with Gasteiger partial charge in [0.15, 0.2) is 0 Å². The topological polar surface area (TPSA) is 15.3 Å². The third kappa shape index (κ3) is 3.52. The van der Waals surface area contributed by atoms with Crippen molar-refractivity contribution in [2.75, 3.05) is 13.1 Å². The highest BCUT2D eigenvalue weighted by Crippen LogP contribution is 2.31. The highest BCUT2D eigenvalue weighted by Gasteiger charge is 2.35. The van der Waals surface area contributed by atoms with Crippen molar-refractivity contribution in [3.8, 4) is 0 Å². The van der Waals surface area contributed by atoms with Crippen LogP contribution >= 0.6 is 0 Å². The zero-order valence-electron chi connectivity index (χ0n) is 12.7. The van der Waals surface area contributed by atoms with Crippen LogP contribution in [0.3, 0.4) is 0 Å². The van der Waals surface area contributed by atoms with Gasteiger partial charge in [-0.05, 0) is 51.1 Å². The number of piperidine rings is 1. The Morgan fingerprint density at radius 3 is 2.26 bits per heavy atom. The fourth-order valence-corrected chi connectivity index (χ4v) is 4.75. The van der Waals surface area contributed by atoms with E-state index in [1.165, 1.54) is 77.3 Å². The van der Waals surface area contributed by atoms with E-state index in [2.05, 4.69) is 17.1 Å². The zero-order valence-corrected chi connectivity index (χ0v) is 12.7. The Hall–Kier alpha value is -0.0800. The third-order valence-electron chi connectivity index (χ3n) is 5.92. The fourth-order valence-electron chi connectivity index (χ4n) is 4.75. The Labute approximate surface area is 119 Å². The molecule has 0 radical (unpaired) electrons. The van der Waals surface area contributed by atoms with E-state index >= 15 is 0 Å². The maximum atomic E-state index is 3.78. The molecule has 2 aliphatic heterocycles. The van der Waals surface area contributed by atoms with Crippen molar-refractivity contribution < 1.29 is 0 Å². The molecule has 0 amide bonds.